The highest BCUT2D eigenvalue weighted by molar-refractivity contribution is 6.09. The third-order valence-electron chi connectivity index (χ3n) is 3.26. The van der Waals surface area contributed by atoms with Gasteiger partial charge in [0.05, 0.1) is 11.3 Å². The molecule has 1 heterocycles. The van der Waals surface area contributed by atoms with Crippen molar-refractivity contribution in [2.24, 2.45) is 5.84 Å². The highest BCUT2D eigenvalue weighted by atomic mass is 16.2. The monoisotopic (exact) mass is 284 g/mol. The van der Waals surface area contributed by atoms with Crippen LogP contribution in [0, 0.1) is 0 Å². The fourth-order valence-electron chi connectivity index (χ4n) is 2.11. The first-order valence-corrected chi connectivity index (χ1v) is 7.05. The second-order valence-electron chi connectivity index (χ2n) is 4.71. The number of nitrogens with two attached hydrogens (primary N) is 1. The van der Waals surface area contributed by atoms with Crippen LogP contribution in [0.2, 0.25) is 0 Å². The lowest BCUT2D eigenvalue weighted by Gasteiger charge is -2.23. The Morgan fingerprint density at radius 1 is 1.29 bits per heavy atom. The molecule has 0 fully saturated rings. The predicted octanol–water partition coefficient (Wildman–Crippen LogP) is 2.81. The third-order valence-corrected chi connectivity index (χ3v) is 3.26. The van der Waals surface area contributed by atoms with Gasteiger partial charge in [0, 0.05) is 24.6 Å². The van der Waals surface area contributed by atoms with Crippen LogP contribution < -0.4 is 16.2 Å². The van der Waals surface area contributed by atoms with E-state index in [9.17, 15) is 4.79 Å². The van der Waals surface area contributed by atoms with Gasteiger partial charge in [-0.2, -0.15) is 0 Å². The molecule has 0 saturated carbocycles. The topological polar surface area (TPSA) is 71.2 Å². The summed E-state index contributed by atoms with van der Waals surface area (Å²) < 4.78 is 0. The first-order valence-electron chi connectivity index (χ1n) is 7.05. The van der Waals surface area contributed by atoms with Gasteiger partial charge >= 0.3 is 0 Å². The van der Waals surface area contributed by atoms with Crippen LogP contribution in [0.25, 0.3) is 0 Å². The van der Waals surface area contributed by atoms with Crippen molar-refractivity contribution in [1.29, 1.82) is 0 Å². The van der Waals surface area contributed by atoms with E-state index in [1.54, 1.807) is 23.4 Å². The summed E-state index contributed by atoms with van der Waals surface area (Å²) in [6.45, 7) is 2.77. The van der Waals surface area contributed by atoms with Crippen molar-refractivity contribution < 1.29 is 4.79 Å². The maximum atomic E-state index is 12.8. The van der Waals surface area contributed by atoms with Crippen molar-refractivity contribution in [3.05, 3.63) is 54.4 Å². The zero-order valence-electron chi connectivity index (χ0n) is 12.1. The van der Waals surface area contributed by atoms with Gasteiger partial charge in [-0.1, -0.05) is 31.5 Å². The number of hydrogen-bond donors (Lipinski definition) is 2. The van der Waals surface area contributed by atoms with Crippen LogP contribution in [0.5, 0.6) is 0 Å². The highest BCUT2D eigenvalue weighted by Crippen LogP contribution is 2.21. The van der Waals surface area contributed by atoms with Gasteiger partial charge in [-0.15, -0.1) is 0 Å². The van der Waals surface area contributed by atoms with Crippen molar-refractivity contribution in [2.45, 2.75) is 19.8 Å². The van der Waals surface area contributed by atoms with Crippen molar-refractivity contribution in [3.63, 3.8) is 0 Å². The van der Waals surface area contributed by atoms with Crippen LogP contribution in [0.15, 0.2) is 48.8 Å². The van der Waals surface area contributed by atoms with Gasteiger partial charge in [0.1, 0.15) is 0 Å². The van der Waals surface area contributed by atoms with Gasteiger partial charge in [-0.25, -0.2) is 0 Å². The summed E-state index contributed by atoms with van der Waals surface area (Å²) in [6.07, 6.45) is 5.10. The average molecular weight is 284 g/mol. The minimum absolute atomic E-state index is 0.101. The third kappa shape index (κ3) is 3.58. The molecule has 21 heavy (non-hydrogen) atoms. The number of carbonyl (C=O) groups excluding carboxylic acids is 1. The molecule has 0 unspecified atom stereocenters. The number of amides is 1. The zero-order chi connectivity index (χ0) is 15.1. The summed E-state index contributed by atoms with van der Waals surface area (Å²) in [5, 5.41) is 0. The maximum absolute atomic E-state index is 12.8. The van der Waals surface area contributed by atoms with Crippen LogP contribution in [-0.2, 0) is 0 Å². The summed E-state index contributed by atoms with van der Waals surface area (Å²) in [6, 6.07) is 11.3. The largest absolute Gasteiger partial charge is 0.323 e. The maximum Gasteiger partial charge on any atom is 0.261 e. The number of pyridine rings is 1. The number of aromatic nitrogens is 1. The lowest BCUT2D eigenvalue weighted by Crippen LogP contribution is -2.32. The number of nitrogen functional groups attached to an aromatic ring is 1. The Morgan fingerprint density at radius 3 is 2.71 bits per heavy atom. The number of anilines is 2. The fraction of sp³-hybridized carbons (Fsp3) is 0.250. The number of nitrogens with one attached hydrogen (secondary N) is 1. The van der Waals surface area contributed by atoms with E-state index in [2.05, 4.69) is 17.3 Å². The number of para-hydroxylation sites is 1. The van der Waals surface area contributed by atoms with Crippen LogP contribution in [-0.4, -0.2) is 17.4 Å². The van der Waals surface area contributed by atoms with E-state index in [0.29, 0.717) is 17.8 Å². The molecule has 110 valence electrons. The van der Waals surface area contributed by atoms with Gasteiger partial charge in [0.2, 0.25) is 0 Å². The molecule has 0 aliphatic heterocycles. The summed E-state index contributed by atoms with van der Waals surface area (Å²) >= 11 is 0. The zero-order valence-corrected chi connectivity index (χ0v) is 12.1. The molecule has 1 aromatic carbocycles. The first kappa shape index (κ1) is 15.0. The van der Waals surface area contributed by atoms with Crippen LogP contribution in [0.3, 0.4) is 0 Å². The van der Waals surface area contributed by atoms with Crippen LogP contribution >= 0.6 is 0 Å². The Kier molecular flexibility index (Phi) is 5.29. The minimum atomic E-state index is -0.101. The molecule has 0 atom stereocenters. The number of hydrogen-bond acceptors (Lipinski definition) is 4. The van der Waals surface area contributed by atoms with Crippen molar-refractivity contribution in [2.75, 3.05) is 16.9 Å². The van der Waals surface area contributed by atoms with Crippen LogP contribution in [0.4, 0.5) is 11.4 Å². The molecule has 5 heteroatoms. The molecular weight excluding hydrogens is 264 g/mol. The van der Waals surface area contributed by atoms with Gasteiger partial charge < -0.3 is 10.3 Å². The number of carbonyl (C=O) groups is 1. The van der Waals surface area contributed by atoms with E-state index in [1.807, 2.05) is 30.3 Å². The molecule has 1 aromatic heterocycles. The Bertz CT molecular complexity index is 586. The van der Waals surface area contributed by atoms with Crippen LogP contribution in [0.1, 0.15) is 30.1 Å². The molecule has 1 amide bonds. The van der Waals surface area contributed by atoms with E-state index < -0.39 is 0 Å². The van der Waals surface area contributed by atoms with Crippen molar-refractivity contribution in [3.8, 4) is 0 Å². The standard InChI is InChI=1S/C16H20N4O/c1-2-3-11-20(13-7-5-4-6-8-13)16(21)14-12-18-10-9-15(14)19-17/h4-10,12H,2-3,11,17H2,1H3,(H,18,19). The molecule has 5 nitrogen and oxygen atoms in total. The Morgan fingerprint density at radius 2 is 2.05 bits per heavy atom. The van der Waals surface area contributed by atoms with Gasteiger partial charge in [0.25, 0.3) is 5.91 Å². The van der Waals surface area contributed by atoms with Crippen molar-refractivity contribution >= 4 is 17.3 Å². The summed E-state index contributed by atoms with van der Waals surface area (Å²) in [4.78, 5) is 18.6. The van der Waals surface area contributed by atoms with E-state index in [1.165, 1.54) is 0 Å². The quantitative estimate of drug-likeness (QED) is 0.632. The molecule has 0 aliphatic carbocycles. The van der Waals surface area contributed by atoms with Gasteiger partial charge in [0.15, 0.2) is 0 Å². The van der Waals surface area contributed by atoms with E-state index in [-0.39, 0.29) is 5.91 Å². The molecule has 0 radical (unpaired) electrons. The highest BCUT2D eigenvalue weighted by Gasteiger charge is 2.20. The second kappa shape index (κ2) is 7.40. The summed E-state index contributed by atoms with van der Waals surface area (Å²) in [5.74, 6) is 5.38. The van der Waals surface area contributed by atoms with Gasteiger partial charge in [-0.05, 0) is 24.6 Å². The lowest BCUT2D eigenvalue weighted by atomic mass is 10.1. The summed E-state index contributed by atoms with van der Waals surface area (Å²) in [5.41, 5.74) is 4.48. The molecule has 2 rings (SSSR count). The first-order chi connectivity index (χ1) is 10.3. The molecule has 0 saturated heterocycles. The second-order valence-corrected chi connectivity index (χ2v) is 4.71. The predicted molar refractivity (Wildman–Crippen MR) is 85.1 cm³/mol. The minimum Gasteiger partial charge on any atom is -0.323 e. The van der Waals surface area contributed by atoms with E-state index in [4.69, 9.17) is 5.84 Å². The smallest absolute Gasteiger partial charge is 0.261 e. The SMILES string of the molecule is CCCCN(C(=O)c1cnccc1NN)c1ccccc1. The Labute approximate surface area is 124 Å². The number of benzene rings is 1. The fourth-order valence-corrected chi connectivity index (χ4v) is 2.11. The molecule has 3 N–H and O–H groups in total. The normalized spacial score (nSPS) is 10.2. The Hall–Kier alpha value is -2.40. The van der Waals surface area contributed by atoms with E-state index >= 15 is 0 Å². The number of rotatable bonds is 6. The molecule has 0 aliphatic rings. The molecule has 2 aromatic rings. The Balaban J connectivity index is 2.34. The number of unbranched alkanes of at least 4 members (excludes halogenated alkanes) is 1. The average Bonchev–Trinajstić information content (AvgIpc) is 2.56. The molecule has 0 bridgehead atoms. The summed E-state index contributed by atoms with van der Waals surface area (Å²) in [7, 11) is 0. The molecular formula is C16H20N4O. The number of hydrazine groups is 1. The van der Waals surface area contributed by atoms with Crippen molar-refractivity contribution in [1.82, 2.24) is 4.98 Å². The number of nitrogens with zero attached hydrogens (tertiary/aromatic N) is 2. The molecule has 0 spiro atoms. The van der Waals surface area contributed by atoms with E-state index in [0.717, 1.165) is 18.5 Å². The van der Waals surface area contributed by atoms with Gasteiger partial charge in [-0.3, -0.25) is 15.6 Å². The lowest BCUT2D eigenvalue weighted by molar-refractivity contribution is 0.0987.